The molecule has 1 aliphatic rings. The van der Waals surface area contributed by atoms with Crippen LogP contribution in [0.25, 0.3) is 0 Å². The van der Waals surface area contributed by atoms with E-state index in [1.165, 1.54) is 17.0 Å². The molecule has 0 aliphatic carbocycles. The van der Waals surface area contributed by atoms with E-state index in [2.05, 4.69) is 5.32 Å². The summed E-state index contributed by atoms with van der Waals surface area (Å²) in [5.74, 6) is -0.129. The van der Waals surface area contributed by atoms with Gasteiger partial charge < -0.3 is 10.1 Å². The molecule has 0 unspecified atom stereocenters. The van der Waals surface area contributed by atoms with E-state index in [4.69, 9.17) is 4.74 Å². The van der Waals surface area contributed by atoms with Gasteiger partial charge >= 0.3 is 0 Å². The molecular formula is C19H19FN2O3. The van der Waals surface area contributed by atoms with Crippen molar-refractivity contribution in [3.05, 3.63) is 59.9 Å². The molecule has 6 heteroatoms. The quantitative estimate of drug-likeness (QED) is 0.819. The van der Waals surface area contributed by atoms with Crippen molar-refractivity contribution in [3.63, 3.8) is 0 Å². The Morgan fingerprint density at radius 1 is 1.20 bits per heavy atom. The third-order valence-electron chi connectivity index (χ3n) is 4.17. The molecule has 1 saturated heterocycles. The van der Waals surface area contributed by atoms with Crippen LogP contribution in [0.4, 0.5) is 10.1 Å². The summed E-state index contributed by atoms with van der Waals surface area (Å²) in [5.41, 5.74) is 1.38. The summed E-state index contributed by atoms with van der Waals surface area (Å²) in [7, 11) is 1.56. The first-order valence-electron chi connectivity index (χ1n) is 8.07. The maximum absolute atomic E-state index is 13.2. The first-order valence-corrected chi connectivity index (χ1v) is 8.07. The summed E-state index contributed by atoms with van der Waals surface area (Å²) in [6.07, 6.45) is 0.701. The minimum Gasteiger partial charge on any atom is -0.497 e. The second-order valence-electron chi connectivity index (χ2n) is 5.86. The number of imide groups is 1. The monoisotopic (exact) mass is 342 g/mol. The Bertz CT molecular complexity index is 776. The highest BCUT2D eigenvalue weighted by Gasteiger charge is 2.39. The van der Waals surface area contributed by atoms with Crippen molar-refractivity contribution in [2.75, 3.05) is 18.6 Å². The van der Waals surface area contributed by atoms with Gasteiger partial charge in [-0.3, -0.25) is 9.59 Å². The van der Waals surface area contributed by atoms with Crippen LogP contribution in [0.5, 0.6) is 5.75 Å². The van der Waals surface area contributed by atoms with Gasteiger partial charge in [0.15, 0.2) is 0 Å². The van der Waals surface area contributed by atoms with Gasteiger partial charge in [0.05, 0.1) is 25.3 Å². The van der Waals surface area contributed by atoms with E-state index in [1.807, 2.05) is 6.07 Å². The van der Waals surface area contributed by atoms with Crippen LogP contribution >= 0.6 is 0 Å². The van der Waals surface area contributed by atoms with E-state index in [0.29, 0.717) is 24.4 Å². The fourth-order valence-corrected chi connectivity index (χ4v) is 2.88. The van der Waals surface area contributed by atoms with Crippen LogP contribution < -0.4 is 15.0 Å². The van der Waals surface area contributed by atoms with Gasteiger partial charge in [0, 0.05) is 0 Å². The summed E-state index contributed by atoms with van der Waals surface area (Å²) >= 11 is 0. The number of carbonyl (C=O) groups is 2. The standard InChI is InChI=1S/C19H19FN2O3/c1-25-16-7-5-15(6-8-16)22-18(23)12-17(19(22)24)21-10-9-13-3-2-4-14(20)11-13/h2-8,11,17,21H,9-10,12H2,1H3/t17-/m1/s1. The number of hydrogen-bond donors (Lipinski definition) is 1. The minimum atomic E-state index is -0.553. The summed E-state index contributed by atoms with van der Waals surface area (Å²) in [4.78, 5) is 25.9. The van der Waals surface area contributed by atoms with E-state index >= 15 is 0 Å². The third-order valence-corrected chi connectivity index (χ3v) is 4.17. The third kappa shape index (κ3) is 3.85. The van der Waals surface area contributed by atoms with Crippen molar-refractivity contribution in [2.24, 2.45) is 0 Å². The Balaban J connectivity index is 1.60. The first-order chi connectivity index (χ1) is 12.1. The van der Waals surface area contributed by atoms with Crippen molar-refractivity contribution in [3.8, 4) is 5.75 Å². The van der Waals surface area contributed by atoms with Gasteiger partial charge in [-0.05, 0) is 54.9 Å². The van der Waals surface area contributed by atoms with Crippen LogP contribution in [0.15, 0.2) is 48.5 Å². The van der Waals surface area contributed by atoms with Crippen LogP contribution in [0.2, 0.25) is 0 Å². The lowest BCUT2D eigenvalue weighted by Gasteiger charge is -2.16. The molecule has 0 radical (unpaired) electrons. The van der Waals surface area contributed by atoms with Gasteiger partial charge in [-0.2, -0.15) is 0 Å². The fourth-order valence-electron chi connectivity index (χ4n) is 2.88. The van der Waals surface area contributed by atoms with Crippen LogP contribution in [0.3, 0.4) is 0 Å². The molecule has 2 aromatic carbocycles. The van der Waals surface area contributed by atoms with Crippen LogP contribution in [0.1, 0.15) is 12.0 Å². The van der Waals surface area contributed by atoms with Gasteiger partial charge in [-0.1, -0.05) is 12.1 Å². The number of halogens is 1. The zero-order valence-corrected chi connectivity index (χ0v) is 13.9. The van der Waals surface area contributed by atoms with Gasteiger partial charge in [0.1, 0.15) is 11.6 Å². The number of benzene rings is 2. The molecule has 3 rings (SSSR count). The molecule has 0 aromatic heterocycles. The Labute approximate surface area is 145 Å². The molecule has 0 spiro atoms. The number of nitrogens with zero attached hydrogens (tertiary/aromatic N) is 1. The van der Waals surface area contributed by atoms with Gasteiger partial charge in [0.2, 0.25) is 5.91 Å². The number of anilines is 1. The minimum absolute atomic E-state index is 0.119. The summed E-state index contributed by atoms with van der Waals surface area (Å²) in [5, 5.41) is 3.09. The predicted octanol–water partition coefficient (Wildman–Crippen LogP) is 2.30. The number of rotatable bonds is 6. The van der Waals surface area contributed by atoms with Crippen LogP contribution in [-0.4, -0.2) is 31.5 Å². The van der Waals surface area contributed by atoms with E-state index in [-0.39, 0.29) is 24.1 Å². The molecule has 5 nitrogen and oxygen atoms in total. The topological polar surface area (TPSA) is 58.6 Å². The molecule has 1 N–H and O–H groups in total. The first kappa shape index (κ1) is 17.1. The van der Waals surface area contributed by atoms with Gasteiger partial charge in [-0.25, -0.2) is 9.29 Å². The van der Waals surface area contributed by atoms with Crippen molar-refractivity contribution in [1.82, 2.24) is 5.32 Å². The second-order valence-corrected chi connectivity index (χ2v) is 5.86. The van der Waals surface area contributed by atoms with Crippen molar-refractivity contribution in [2.45, 2.75) is 18.9 Å². The zero-order chi connectivity index (χ0) is 17.8. The molecular weight excluding hydrogens is 323 g/mol. The molecule has 0 bridgehead atoms. The SMILES string of the molecule is COc1ccc(N2C(=O)C[C@@H](NCCc3cccc(F)c3)C2=O)cc1. The maximum Gasteiger partial charge on any atom is 0.251 e. The molecule has 1 atom stereocenters. The highest BCUT2D eigenvalue weighted by Crippen LogP contribution is 2.25. The second kappa shape index (κ2) is 7.44. The average molecular weight is 342 g/mol. The number of nitrogens with one attached hydrogen (secondary N) is 1. The summed E-state index contributed by atoms with van der Waals surface area (Å²) < 4.78 is 18.2. The molecule has 2 amide bonds. The van der Waals surface area contributed by atoms with Crippen LogP contribution in [-0.2, 0) is 16.0 Å². The smallest absolute Gasteiger partial charge is 0.251 e. The Morgan fingerprint density at radius 2 is 1.96 bits per heavy atom. The molecule has 1 heterocycles. The normalized spacial score (nSPS) is 17.2. The molecule has 1 fully saturated rings. The predicted molar refractivity (Wildman–Crippen MR) is 92.0 cm³/mol. The summed E-state index contributed by atoms with van der Waals surface area (Å²) in [6.45, 7) is 0.490. The van der Waals surface area contributed by atoms with E-state index < -0.39 is 6.04 Å². The van der Waals surface area contributed by atoms with Crippen molar-refractivity contribution >= 4 is 17.5 Å². The Morgan fingerprint density at radius 3 is 2.64 bits per heavy atom. The lowest BCUT2D eigenvalue weighted by Crippen LogP contribution is -2.39. The Hall–Kier alpha value is -2.73. The lowest BCUT2D eigenvalue weighted by atomic mass is 10.1. The number of amides is 2. The van der Waals surface area contributed by atoms with Crippen molar-refractivity contribution < 1.29 is 18.7 Å². The fraction of sp³-hybridized carbons (Fsp3) is 0.263. The van der Waals surface area contributed by atoms with E-state index in [1.54, 1.807) is 37.4 Å². The molecule has 130 valence electrons. The highest BCUT2D eigenvalue weighted by atomic mass is 19.1. The average Bonchev–Trinajstić information content (AvgIpc) is 2.89. The molecule has 25 heavy (non-hydrogen) atoms. The van der Waals surface area contributed by atoms with Gasteiger partial charge in [0.25, 0.3) is 5.91 Å². The molecule has 0 saturated carbocycles. The summed E-state index contributed by atoms with van der Waals surface area (Å²) in [6, 6.07) is 12.6. The Kier molecular flexibility index (Phi) is 5.09. The number of carbonyl (C=O) groups excluding carboxylic acids is 2. The van der Waals surface area contributed by atoms with Gasteiger partial charge in [-0.15, -0.1) is 0 Å². The number of hydrogen-bond acceptors (Lipinski definition) is 4. The van der Waals surface area contributed by atoms with Crippen molar-refractivity contribution in [1.29, 1.82) is 0 Å². The van der Waals surface area contributed by atoms with E-state index in [0.717, 1.165) is 5.56 Å². The van der Waals surface area contributed by atoms with E-state index in [9.17, 15) is 14.0 Å². The number of methoxy groups -OCH3 is 1. The largest absolute Gasteiger partial charge is 0.497 e. The zero-order valence-electron chi connectivity index (χ0n) is 13.9. The van der Waals surface area contributed by atoms with Crippen LogP contribution in [0, 0.1) is 5.82 Å². The maximum atomic E-state index is 13.2. The molecule has 1 aliphatic heterocycles. The highest BCUT2D eigenvalue weighted by molar-refractivity contribution is 6.22. The molecule has 2 aromatic rings. The number of ether oxygens (including phenoxy) is 1. The lowest BCUT2D eigenvalue weighted by molar-refractivity contribution is -0.121.